The first-order valence-electron chi connectivity index (χ1n) is 10.6. The van der Waals surface area contributed by atoms with E-state index in [0.29, 0.717) is 39.3 Å². The highest BCUT2D eigenvalue weighted by atomic mass is 16.5. The average Bonchev–Trinajstić information content (AvgIpc) is 2.73. The number of benzene rings is 1. The molecule has 0 aliphatic carbocycles. The van der Waals surface area contributed by atoms with E-state index in [-0.39, 0.29) is 24.0 Å². The van der Waals surface area contributed by atoms with Crippen LogP contribution >= 0.6 is 0 Å². The summed E-state index contributed by atoms with van der Waals surface area (Å²) in [5.41, 5.74) is 1.95. The van der Waals surface area contributed by atoms with Crippen molar-refractivity contribution >= 4 is 11.9 Å². The molecular formula is C23H34N4O4. The number of nitrogens with zero attached hydrogens (tertiary/aromatic N) is 2. The van der Waals surface area contributed by atoms with E-state index < -0.39 is 12.1 Å². The molecule has 170 valence electrons. The normalized spacial score (nSPS) is 16.2. The van der Waals surface area contributed by atoms with E-state index in [9.17, 15) is 14.9 Å². The molecule has 0 bridgehead atoms. The molecule has 0 unspecified atom stereocenters. The van der Waals surface area contributed by atoms with Crippen molar-refractivity contribution in [1.29, 1.82) is 5.26 Å². The molecule has 0 saturated carbocycles. The van der Waals surface area contributed by atoms with Crippen LogP contribution in [0.15, 0.2) is 24.3 Å². The molecule has 8 heteroatoms. The van der Waals surface area contributed by atoms with Crippen LogP contribution in [0, 0.1) is 23.7 Å². The second kappa shape index (κ2) is 11.7. The summed E-state index contributed by atoms with van der Waals surface area (Å²) in [5.74, 6) is -0.387. The molecule has 1 fully saturated rings. The van der Waals surface area contributed by atoms with E-state index in [1.54, 1.807) is 4.90 Å². The molecule has 0 aromatic heterocycles. The van der Waals surface area contributed by atoms with Crippen LogP contribution in [0.4, 0.5) is 4.79 Å². The summed E-state index contributed by atoms with van der Waals surface area (Å²) >= 11 is 0. The maximum Gasteiger partial charge on any atom is 0.318 e. The number of carbonyl (C=O) groups is 2. The Morgan fingerprint density at radius 2 is 1.90 bits per heavy atom. The lowest BCUT2D eigenvalue weighted by atomic mass is 9.87. The first-order chi connectivity index (χ1) is 14.7. The fraction of sp³-hybridized carbons (Fsp3) is 0.609. The van der Waals surface area contributed by atoms with Crippen molar-refractivity contribution in [1.82, 2.24) is 15.5 Å². The van der Waals surface area contributed by atoms with Crippen molar-refractivity contribution < 1.29 is 19.1 Å². The zero-order valence-electron chi connectivity index (χ0n) is 18.9. The fourth-order valence-electron chi connectivity index (χ4n) is 3.27. The number of hydrogen-bond donors (Lipinski definition) is 2. The van der Waals surface area contributed by atoms with Gasteiger partial charge >= 0.3 is 6.03 Å². The highest BCUT2D eigenvalue weighted by Gasteiger charge is 2.30. The van der Waals surface area contributed by atoms with Gasteiger partial charge in [-0.05, 0) is 29.9 Å². The number of morpholine rings is 1. The van der Waals surface area contributed by atoms with Crippen LogP contribution in [0.2, 0.25) is 0 Å². The van der Waals surface area contributed by atoms with Gasteiger partial charge in [0.1, 0.15) is 12.1 Å². The van der Waals surface area contributed by atoms with E-state index in [2.05, 4.69) is 16.7 Å². The molecule has 2 rings (SSSR count). The number of amides is 3. The summed E-state index contributed by atoms with van der Waals surface area (Å²) in [4.78, 5) is 27.2. The van der Waals surface area contributed by atoms with E-state index in [0.717, 1.165) is 11.1 Å². The number of aryl methyl sites for hydroxylation is 1. The van der Waals surface area contributed by atoms with Gasteiger partial charge in [-0.2, -0.15) is 5.26 Å². The van der Waals surface area contributed by atoms with Crippen LogP contribution in [-0.4, -0.2) is 61.8 Å². The van der Waals surface area contributed by atoms with Crippen molar-refractivity contribution in [2.75, 3.05) is 32.9 Å². The van der Waals surface area contributed by atoms with E-state index >= 15 is 0 Å². The lowest BCUT2D eigenvalue weighted by Crippen LogP contribution is -2.55. The Hall–Kier alpha value is -2.63. The highest BCUT2D eigenvalue weighted by molar-refractivity contribution is 5.87. The van der Waals surface area contributed by atoms with E-state index in [1.165, 1.54) is 0 Å². The molecule has 1 saturated heterocycles. The fourth-order valence-corrected chi connectivity index (χ4v) is 3.27. The Labute approximate surface area is 184 Å². The Kier molecular flexibility index (Phi) is 9.28. The molecule has 0 radical (unpaired) electrons. The van der Waals surface area contributed by atoms with Crippen molar-refractivity contribution in [3.05, 3.63) is 35.4 Å². The van der Waals surface area contributed by atoms with Crippen molar-refractivity contribution in [3.8, 4) is 6.07 Å². The van der Waals surface area contributed by atoms with Crippen molar-refractivity contribution in [3.63, 3.8) is 0 Å². The van der Waals surface area contributed by atoms with Gasteiger partial charge in [-0.15, -0.1) is 0 Å². The van der Waals surface area contributed by atoms with Gasteiger partial charge in [-0.3, -0.25) is 4.79 Å². The van der Waals surface area contributed by atoms with Gasteiger partial charge in [0.2, 0.25) is 5.91 Å². The van der Waals surface area contributed by atoms with Crippen LogP contribution in [-0.2, 0) is 20.9 Å². The Bertz CT molecular complexity index is 779. The third-order valence-corrected chi connectivity index (χ3v) is 5.00. The predicted octanol–water partition coefficient (Wildman–Crippen LogP) is 2.37. The second-order valence-electron chi connectivity index (χ2n) is 9.00. The van der Waals surface area contributed by atoms with Crippen LogP contribution in [0.5, 0.6) is 0 Å². The van der Waals surface area contributed by atoms with Crippen LogP contribution in [0.1, 0.15) is 38.3 Å². The summed E-state index contributed by atoms with van der Waals surface area (Å²) in [5, 5.41) is 15.0. The number of hydrogen-bond acceptors (Lipinski definition) is 5. The van der Waals surface area contributed by atoms with E-state index in [4.69, 9.17) is 9.47 Å². The maximum absolute atomic E-state index is 12.9. The summed E-state index contributed by atoms with van der Waals surface area (Å²) in [6, 6.07) is 8.08. The molecule has 8 nitrogen and oxygen atoms in total. The van der Waals surface area contributed by atoms with Gasteiger partial charge in [0.05, 0.1) is 32.5 Å². The molecule has 1 aliphatic heterocycles. The van der Waals surface area contributed by atoms with Gasteiger partial charge in [-0.25, -0.2) is 4.79 Å². The minimum absolute atomic E-state index is 0.0657. The summed E-state index contributed by atoms with van der Waals surface area (Å²) < 4.78 is 10.9. The Balaban J connectivity index is 1.93. The van der Waals surface area contributed by atoms with Gasteiger partial charge in [0.15, 0.2) is 0 Å². The Morgan fingerprint density at radius 3 is 2.52 bits per heavy atom. The van der Waals surface area contributed by atoms with Crippen LogP contribution < -0.4 is 10.6 Å². The summed E-state index contributed by atoms with van der Waals surface area (Å²) in [6.07, 6.45) is 0.442. The van der Waals surface area contributed by atoms with Crippen LogP contribution in [0.25, 0.3) is 0 Å². The zero-order valence-corrected chi connectivity index (χ0v) is 18.9. The standard InChI is InChI=1S/C23H34N4O4/c1-17-7-5-6-8-18(17)15-31-16-19(14-24)25-21(28)20(13-23(2,3)4)26-22(29)27-9-11-30-12-10-27/h5-8,19-20H,9-13,15-16H2,1-4H3,(H,25,28)(H,26,29)/t19-,20+/m1/s1. The van der Waals surface area contributed by atoms with Crippen molar-refractivity contribution in [2.45, 2.75) is 52.8 Å². The predicted molar refractivity (Wildman–Crippen MR) is 117 cm³/mol. The number of ether oxygens (including phenoxy) is 2. The molecule has 3 amide bonds. The largest absolute Gasteiger partial charge is 0.378 e. The first-order valence-corrected chi connectivity index (χ1v) is 10.6. The Morgan fingerprint density at radius 1 is 1.23 bits per heavy atom. The van der Waals surface area contributed by atoms with Gasteiger partial charge < -0.3 is 25.0 Å². The zero-order chi connectivity index (χ0) is 22.9. The third-order valence-electron chi connectivity index (χ3n) is 5.00. The molecule has 2 atom stereocenters. The molecule has 1 aliphatic rings. The molecule has 2 N–H and O–H groups in total. The number of urea groups is 1. The maximum atomic E-state index is 12.9. The number of rotatable bonds is 8. The average molecular weight is 431 g/mol. The minimum Gasteiger partial charge on any atom is -0.378 e. The minimum atomic E-state index is -0.806. The van der Waals surface area contributed by atoms with Crippen molar-refractivity contribution in [2.24, 2.45) is 5.41 Å². The third kappa shape index (κ3) is 8.56. The first kappa shape index (κ1) is 24.6. The SMILES string of the molecule is Cc1ccccc1COC[C@@H](C#N)NC(=O)[C@H](CC(C)(C)C)NC(=O)N1CCOCC1. The second-order valence-corrected chi connectivity index (χ2v) is 9.00. The quantitative estimate of drug-likeness (QED) is 0.659. The van der Waals surface area contributed by atoms with Gasteiger partial charge in [-0.1, -0.05) is 45.0 Å². The molecule has 1 aromatic rings. The monoisotopic (exact) mass is 430 g/mol. The highest BCUT2D eigenvalue weighted by Crippen LogP contribution is 2.21. The molecule has 1 aromatic carbocycles. The van der Waals surface area contributed by atoms with Crippen LogP contribution in [0.3, 0.4) is 0 Å². The molecule has 1 heterocycles. The topological polar surface area (TPSA) is 104 Å². The lowest BCUT2D eigenvalue weighted by molar-refractivity contribution is -0.124. The smallest absolute Gasteiger partial charge is 0.318 e. The molecule has 31 heavy (non-hydrogen) atoms. The van der Waals surface area contributed by atoms with Gasteiger partial charge in [0.25, 0.3) is 0 Å². The molecule has 0 spiro atoms. The summed E-state index contributed by atoms with van der Waals surface area (Å²) in [7, 11) is 0. The lowest BCUT2D eigenvalue weighted by Gasteiger charge is -2.31. The van der Waals surface area contributed by atoms with Gasteiger partial charge in [0, 0.05) is 13.1 Å². The number of nitriles is 1. The molecular weight excluding hydrogens is 396 g/mol. The number of nitrogens with one attached hydrogen (secondary N) is 2. The summed E-state index contributed by atoms with van der Waals surface area (Å²) in [6.45, 7) is 10.4. The number of carbonyl (C=O) groups excluding carboxylic acids is 2. The van der Waals surface area contributed by atoms with E-state index in [1.807, 2.05) is 52.0 Å².